The van der Waals surface area contributed by atoms with E-state index in [-0.39, 0.29) is 23.4 Å². The van der Waals surface area contributed by atoms with Gasteiger partial charge >= 0.3 is 0 Å². The van der Waals surface area contributed by atoms with Crippen LogP contribution in [0.5, 0.6) is 0 Å². The van der Waals surface area contributed by atoms with Crippen LogP contribution in [-0.4, -0.2) is 54.7 Å². The van der Waals surface area contributed by atoms with Gasteiger partial charge in [-0.1, -0.05) is 32.0 Å². The van der Waals surface area contributed by atoms with Crippen LogP contribution in [-0.2, 0) is 14.8 Å². The quantitative estimate of drug-likeness (QED) is 0.510. The van der Waals surface area contributed by atoms with Crippen molar-refractivity contribution in [2.24, 2.45) is 0 Å². The molecule has 4 rings (SSSR count). The molecule has 0 aliphatic carbocycles. The summed E-state index contributed by atoms with van der Waals surface area (Å²) in [6, 6.07) is 13.1. The number of carbonyl (C=O) groups excluding carboxylic acids is 1. The molecule has 1 aliphatic heterocycles. The standard InChI is InChI=1S/C24H30N4O3S2/c1-4-28(5-2)33(30,31)18-13-12-17(3)20(15-18)25-23(29)16-27-14-8-10-21(27)24-26-19-9-6-7-11-22(19)32-24/h6-7,9,11-13,15,21H,4-5,8,10,14,16H2,1-3H3,(H,25,29)/t21-/m0/s1. The van der Waals surface area contributed by atoms with E-state index in [0.29, 0.717) is 18.8 Å². The predicted molar refractivity (Wildman–Crippen MR) is 133 cm³/mol. The lowest BCUT2D eigenvalue weighted by atomic mass is 10.2. The Hall–Kier alpha value is -2.33. The van der Waals surface area contributed by atoms with E-state index in [0.717, 1.165) is 40.2 Å². The first-order valence-electron chi connectivity index (χ1n) is 11.3. The van der Waals surface area contributed by atoms with E-state index in [4.69, 9.17) is 4.98 Å². The number of nitrogens with zero attached hydrogens (tertiary/aromatic N) is 3. The van der Waals surface area contributed by atoms with E-state index >= 15 is 0 Å². The molecule has 1 amide bonds. The molecule has 1 saturated heterocycles. The Morgan fingerprint density at radius 1 is 1.21 bits per heavy atom. The SMILES string of the molecule is CCN(CC)S(=O)(=O)c1ccc(C)c(NC(=O)CN2CCC[C@H]2c2nc3ccccc3s2)c1. The second-order valence-electron chi connectivity index (χ2n) is 8.26. The number of rotatable bonds is 8. The lowest BCUT2D eigenvalue weighted by molar-refractivity contribution is -0.117. The number of hydrogen-bond donors (Lipinski definition) is 1. The predicted octanol–water partition coefficient (Wildman–Crippen LogP) is 4.41. The Morgan fingerprint density at radius 3 is 2.70 bits per heavy atom. The Balaban J connectivity index is 1.49. The van der Waals surface area contributed by atoms with E-state index in [1.807, 2.05) is 39.0 Å². The molecule has 3 aromatic rings. The maximum Gasteiger partial charge on any atom is 0.243 e. The number of thiazole rings is 1. The molecule has 0 spiro atoms. The van der Waals surface area contributed by atoms with Crippen LogP contribution in [0.15, 0.2) is 47.4 Å². The normalized spacial score (nSPS) is 17.2. The molecule has 7 nitrogen and oxygen atoms in total. The maximum absolute atomic E-state index is 12.9. The van der Waals surface area contributed by atoms with Crippen molar-refractivity contribution in [3.8, 4) is 0 Å². The van der Waals surface area contributed by atoms with Crippen LogP contribution in [0.25, 0.3) is 10.2 Å². The minimum absolute atomic E-state index is 0.128. The van der Waals surface area contributed by atoms with Crippen LogP contribution in [0.3, 0.4) is 0 Å². The van der Waals surface area contributed by atoms with Gasteiger partial charge in [0.1, 0.15) is 5.01 Å². The molecule has 0 unspecified atom stereocenters. The minimum Gasteiger partial charge on any atom is -0.325 e. The smallest absolute Gasteiger partial charge is 0.243 e. The molecule has 2 heterocycles. The molecule has 1 fully saturated rings. The Bertz CT molecular complexity index is 1220. The van der Waals surface area contributed by atoms with Crippen LogP contribution in [0, 0.1) is 6.92 Å². The zero-order valence-corrected chi connectivity index (χ0v) is 20.9. The zero-order chi connectivity index (χ0) is 23.6. The van der Waals surface area contributed by atoms with E-state index < -0.39 is 10.0 Å². The fraction of sp³-hybridized carbons (Fsp3) is 0.417. The molecule has 176 valence electrons. The number of aryl methyl sites for hydroxylation is 1. The van der Waals surface area contributed by atoms with Gasteiger partial charge < -0.3 is 5.32 Å². The molecule has 1 aromatic heterocycles. The average molecular weight is 487 g/mol. The molecule has 0 bridgehead atoms. The topological polar surface area (TPSA) is 82.6 Å². The molecule has 1 N–H and O–H groups in total. The number of benzene rings is 2. The second-order valence-corrected chi connectivity index (χ2v) is 11.3. The van der Waals surface area contributed by atoms with Crippen LogP contribution >= 0.6 is 11.3 Å². The third kappa shape index (κ3) is 4.96. The summed E-state index contributed by atoms with van der Waals surface area (Å²) in [4.78, 5) is 20.1. The number of hydrogen-bond acceptors (Lipinski definition) is 6. The fourth-order valence-electron chi connectivity index (χ4n) is 4.31. The average Bonchev–Trinajstić information content (AvgIpc) is 3.42. The van der Waals surface area contributed by atoms with E-state index in [9.17, 15) is 13.2 Å². The third-order valence-electron chi connectivity index (χ3n) is 6.13. The zero-order valence-electron chi connectivity index (χ0n) is 19.2. The monoisotopic (exact) mass is 486 g/mol. The largest absolute Gasteiger partial charge is 0.325 e. The molecule has 2 aromatic carbocycles. The molecule has 33 heavy (non-hydrogen) atoms. The van der Waals surface area contributed by atoms with Gasteiger partial charge in [-0.15, -0.1) is 11.3 Å². The maximum atomic E-state index is 12.9. The summed E-state index contributed by atoms with van der Waals surface area (Å²) >= 11 is 1.69. The Kier molecular flexibility index (Phi) is 7.13. The third-order valence-corrected chi connectivity index (χ3v) is 9.32. The summed E-state index contributed by atoms with van der Waals surface area (Å²) in [6.07, 6.45) is 1.99. The van der Waals surface area contributed by atoms with E-state index in [2.05, 4.69) is 16.3 Å². The lowest BCUT2D eigenvalue weighted by Gasteiger charge is -2.23. The number of fused-ring (bicyclic) bond motifs is 1. The molecular weight excluding hydrogens is 456 g/mol. The van der Waals surface area contributed by atoms with Crippen molar-refractivity contribution < 1.29 is 13.2 Å². The number of amides is 1. The van der Waals surface area contributed by atoms with Crippen molar-refractivity contribution in [3.05, 3.63) is 53.0 Å². The molecule has 1 aliphatic rings. The number of sulfonamides is 1. The van der Waals surface area contributed by atoms with Gasteiger partial charge in [-0.3, -0.25) is 9.69 Å². The molecule has 0 radical (unpaired) electrons. The van der Waals surface area contributed by atoms with Gasteiger partial charge in [-0.2, -0.15) is 4.31 Å². The van der Waals surface area contributed by atoms with Crippen LogP contribution in [0.2, 0.25) is 0 Å². The Morgan fingerprint density at radius 2 is 1.97 bits per heavy atom. The molecule has 1 atom stereocenters. The number of likely N-dealkylation sites (tertiary alicyclic amines) is 1. The summed E-state index contributed by atoms with van der Waals surface area (Å²) in [5.74, 6) is -0.150. The first kappa shape index (κ1) is 23.8. The van der Waals surface area contributed by atoms with Crippen molar-refractivity contribution in [2.45, 2.75) is 44.6 Å². The number of anilines is 1. The number of aromatic nitrogens is 1. The van der Waals surface area contributed by atoms with Gasteiger partial charge in [0, 0.05) is 18.8 Å². The lowest BCUT2D eigenvalue weighted by Crippen LogP contribution is -2.33. The van der Waals surface area contributed by atoms with Gasteiger partial charge in [0.25, 0.3) is 0 Å². The van der Waals surface area contributed by atoms with E-state index in [1.165, 1.54) is 4.31 Å². The number of carbonyl (C=O) groups is 1. The van der Waals surface area contributed by atoms with Crippen molar-refractivity contribution in [3.63, 3.8) is 0 Å². The highest BCUT2D eigenvalue weighted by Gasteiger charge is 2.30. The van der Waals surface area contributed by atoms with Crippen LogP contribution in [0.4, 0.5) is 5.69 Å². The van der Waals surface area contributed by atoms with E-state index in [1.54, 1.807) is 29.5 Å². The summed E-state index contributed by atoms with van der Waals surface area (Å²) in [6.45, 7) is 7.37. The van der Waals surface area contributed by atoms with Crippen LogP contribution < -0.4 is 5.32 Å². The van der Waals surface area contributed by atoms with Crippen molar-refractivity contribution in [1.82, 2.24) is 14.2 Å². The molecule has 9 heteroatoms. The van der Waals surface area contributed by atoms with Gasteiger partial charge in [0.15, 0.2) is 0 Å². The van der Waals surface area contributed by atoms with Gasteiger partial charge in [-0.25, -0.2) is 13.4 Å². The second kappa shape index (κ2) is 9.89. The van der Waals surface area contributed by atoms with Crippen LogP contribution in [0.1, 0.15) is 43.3 Å². The summed E-state index contributed by atoms with van der Waals surface area (Å²) in [7, 11) is -3.59. The van der Waals surface area contributed by atoms with Gasteiger partial charge in [-0.05, 0) is 56.1 Å². The van der Waals surface area contributed by atoms with Crippen molar-refractivity contribution >= 4 is 43.2 Å². The molecular formula is C24H30N4O3S2. The van der Waals surface area contributed by atoms with Crippen molar-refractivity contribution in [1.29, 1.82) is 0 Å². The van der Waals surface area contributed by atoms with Gasteiger partial charge in [0.05, 0.1) is 27.7 Å². The summed E-state index contributed by atoms with van der Waals surface area (Å²) in [5, 5.41) is 3.99. The first-order chi connectivity index (χ1) is 15.8. The minimum atomic E-state index is -3.59. The van der Waals surface area contributed by atoms with Crippen molar-refractivity contribution in [2.75, 3.05) is 31.5 Å². The summed E-state index contributed by atoms with van der Waals surface area (Å²) in [5.41, 5.74) is 2.35. The van der Waals surface area contributed by atoms with Gasteiger partial charge in [0.2, 0.25) is 15.9 Å². The first-order valence-corrected chi connectivity index (χ1v) is 13.6. The highest BCUT2D eigenvalue weighted by Crippen LogP contribution is 2.36. The summed E-state index contributed by atoms with van der Waals surface area (Å²) < 4.78 is 28.4. The fourth-order valence-corrected chi connectivity index (χ4v) is 6.93. The Labute approximate surface area is 199 Å². The number of para-hydroxylation sites is 1. The highest BCUT2D eigenvalue weighted by molar-refractivity contribution is 7.89. The number of nitrogens with one attached hydrogen (secondary N) is 1. The highest BCUT2D eigenvalue weighted by atomic mass is 32.2. The molecule has 0 saturated carbocycles.